The van der Waals surface area contributed by atoms with Crippen molar-refractivity contribution in [2.24, 2.45) is 5.10 Å². The molecule has 4 aromatic carbocycles. The number of hydrazone groups is 1. The summed E-state index contributed by atoms with van der Waals surface area (Å²) in [5, 5.41) is 8.87. The van der Waals surface area contributed by atoms with Crippen LogP contribution in [-0.2, 0) is 9.59 Å². The molecule has 0 aliphatic rings. The monoisotopic (exact) mass is 524 g/mol. The van der Waals surface area contributed by atoms with Gasteiger partial charge in [-0.2, -0.15) is 5.10 Å². The second-order valence-electron chi connectivity index (χ2n) is 7.96. The van der Waals surface area contributed by atoms with Crippen LogP contribution in [0.1, 0.15) is 26.3 Å². The van der Waals surface area contributed by atoms with E-state index < -0.39 is 29.5 Å². The molecule has 0 radical (unpaired) electrons. The molecule has 0 heterocycles. The molecule has 0 bridgehead atoms. The summed E-state index contributed by atoms with van der Waals surface area (Å²) in [5.74, 6) is -3.89. The summed E-state index contributed by atoms with van der Waals surface area (Å²) in [6, 6.07) is 26.5. The van der Waals surface area contributed by atoms with Gasteiger partial charge in [-0.1, -0.05) is 42.5 Å². The van der Waals surface area contributed by atoms with Crippen LogP contribution in [0.25, 0.3) is 0 Å². The summed E-state index contributed by atoms with van der Waals surface area (Å²) in [6.07, 6.45) is 1.27. The third-order valence-corrected chi connectivity index (χ3v) is 5.22. The second-order valence-corrected chi connectivity index (χ2v) is 7.96. The first-order chi connectivity index (χ1) is 18.9. The predicted molar refractivity (Wildman–Crippen MR) is 143 cm³/mol. The fraction of sp³-hybridized carbons (Fsp3) is 0. The fourth-order valence-electron chi connectivity index (χ4n) is 3.32. The number of nitrogens with one attached hydrogen (secondary N) is 3. The SMILES string of the molecule is O=C(N/N=C/c1ccc(OC(=O)c2ccccc2F)cc1)C(=O)Nc1ccccc1C(=O)Nc1ccccc1. The molecule has 0 aliphatic heterocycles. The smallest absolute Gasteiger partial charge is 0.346 e. The molecule has 0 saturated carbocycles. The number of para-hydroxylation sites is 2. The lowest BCUT2D eigenvalue weighted by Crippen LogP contribution is -2.33. The molecule has 0 unspecified atom stereocenters. The fourth-order valence-corrected chi connectivity index (χ4v) is 3.32. The van der Waals surface area contributed by atoms with Crippen LogP contribution in [0.15, 0.2) is 108 Å². The molecule has 4 rings (SSSR count). The Morgan fingerprint density at radius 1 is 0.692 bits per heavy atom. The van der Waals surface area contributed by atoms with Crippen LogP contribution in [0.5, 0.6) is 5.75 Å². The van der Waals surface area contributed by atoms with Gasteiger partial charge in [0.1, 0.15) is 11.6 Å². The first-order valence-electron chi connectivity index (χ1n) is 11.6. The molecule has 0 saturated heterocycles. The number of ether oxygens (including phenoxy) is 1. The maximum atomic E-state index is 13.7. The number of amides is 3. The van der Waals surface area contributed by atoms with Crippen molar-refractivity contribution in [2.75, 3.05) is 10.6 Å². The average molecular weight is 525 g/mol. The molecule has 0 aliphatic carbocycles. The highest BCUT2D eigenvalue weighted by Gasteiger charge is 2.18. The molecule has 0 spiro atoms. The molecular formula is C29H21FN4O5. The summed E-state index contributed by atoms with van der Waals surface area (Å²) >= 11 is 0. The van der Waals surface area contributed by atoms with E-state index in [1.807, 2.05) is 6.07 Å². The van der Waals surface area contributed by atoms with E-state index in [1.54, 1.807) is 48.5 Å². The number of anilines is 2. The summed E-state index contributed by atoms with van der Waals surface area (Å²) in [7, 11) is 0. The van der Waals surface area contributed by atoms with Crippen molar-refractivity contribution in [3.8, 4) is 5.75 Å². The van der Waals surface area contributed by atoms with Crippen molar-refractivity contribution in [2.45, 2.75) is 0 Å². The van der Waals surface area contributed by atoms with Gasteiger partial charge < -0.3 is 15.4 Å². The van der Waals surface area contributed by atoms with E-state index in [2.05, 4.69) is 21.2 Å². The Kier molecular flexibility index (Phi) is 8.50. The van der Waals surface area contributed by atoms with E-state index in [0.29, 0.717) is 11.3 Å². The standard InChI is InChI=1S/C29H21FN4O5/c30-24-12-6-4-10-22(24)29(38)39-21-16-14-19(15-17-21)18-31-34-28(37)27(36)33-25-13-7-5-11-23(25)26(35)32-20-8-2-1-3-9-20/h1-18H,(H,32,35)(H,33,36)(H,34,37)/b31-18+. The Bertz CT molecular complexity index is 1540. The first-order valence-corrected chi connectivity index (χ1v) is 11.6. The predicted octanol–water partition coefficient (Wildman–Crippen LogP) is 4.39. The van der Waals surface area contributed by atoms with Crippen molar-refractivity contribution >= 4 is 41.3 Å². The van der Waals surface area contributed by atoms with Crippen molar-refractivity contribution in [3.63, 3.8) is 0 Å². The Labute approximate surface area is 222 Å². The molecule has 4 aromatic rings. The molecular weight excluding hydrogens is 503 g/mol. The lowest BCUT2D eigenvalue weighted by molar-refractivity contribution is -0.136. The largest absolute Gasteiger partial charge is 0.423 e. The lowest BCUT2D eigenvalue weighted by Gasteiger charge is -2.11. The summed E-state index contributed by atoms with van der Waals surface area (Å²) < 4.78 is 18.9. The number of hydrogen-bond donors (Lipinski definition) is 3. The molecule has 39 heavy (non-hydrogen) atoms. The van der Waals surface area contributed by atoms with Gasteiger partial charge in [0.25, 0.3) is 5.91 Å². The van der Waals surface area contributed by atoms with Crippen LogP contribution >= 0.6 is 0 Å². The number of carbonyl (C=O) groups is 4. The van der Waals surface area contributed by atoms with E-state index in [1.165, 1.54) is 48.7 Å². The highest BCUT2D eigenvalue weighted by molar-refractivity contribution is 6.40. The average Bonchev–Trinajstić information content (AvgIpc) is 2.95. The van der Waals surface area contributed by atoms with Crippen LogP contribution in [0.2, 0.25) is 0 Å². The minimum Gasteiger partial charge on any atom is -0.423 e. The minimum atomic E-state index is -1.06. The third-order valence-electron chi connectivity index (χ3n) is 5.22. The molecule has 9 nitrogen and oxygen atoms in total. The topological polar surface area (TPSA) is 126 Å². The van der Waals surface area contributed by atoms with Gasteiger partial charge >= 0.3 is 17.8 Å². The van der Waals surface area contributed by atoms with Gasteiger partial charge in [-0.05, 0) is 66.2 Å². The van der Waals surface area contributed by atoms with E-state index in [-0.39, 0.29) is 22.6 Å². The molecule has 194 valence electrons. The van der Waals surface area contributed by atoms with Crippen LogP contribution in [0, 0.1) is 5.82 Å². The van der Waals surface area contributed by atoms with Crippen molar-refractivity contribution in [1.29, 1.82) is 0 Å². The number of benzene rings is 4. The Morgan fingerprint density at radius 3 is 2.05 bits per heavy atom. The normalized spacial score (nSPS) is 10.5. The van der Waals surface area contributed by atoms with Crippen LogP contribution in [-0.4, -0.2) is 29.9 Å². The third kappa shape index (κ3) is 7.20. The molecule has 0 aromatic heterocycles. The summed E-state index contributed by atoms with van der Waals surface area (Å²) in [4.78, 5) is 49.4. The lowest BCUT2D eigenvalue weighted by atomic mass is 10.1. The van der Waals surface area contributed by atoms with Crippen LogP contribution in [0.4, 0.5) is 15.8 Å². The van der Waals surface area contributed by atoms with Gasteiger partial charge in [0.2, 0.25) is 0 Å². The van der Waals surface area contributed by atoms with Gasteiger partial charge in [0, 0.05) is 5.69 Å². The van der Waals surface area contributed by atoms with Gasteiger partial charge in [0.05, 0.1) is 23.0 Å². The van der Waals surface area contributed by atoms with E-state index in [0.717, 1.165) is 6.07 Å². The molecule has 0 atom stereocenters. The van der Waals surface area contributed by atoms with Gasteiger partial charge in [0.15, 0.2) is 0 Å². The van der Waals surface area contributed by atoms with Crippen LogP contribution < -0.4 is 20.8 Å². The number of esters is 1. The summed E-state index contributed by atoms with van der Waals surface area (Å²) in [6.45, 7) is 0. The van der Waals surface area contributed by atoms with Crippen molar-refractivity contribution < 1.29 is 28.3 Å². The Morgan fingerprint density at radius 2 is 1.33 bits per heavy atom. The first kappa shape index (κ1) is 26.4. The molecule has 0 fully saturated rings. The second kappa shape index (κ2) is 12.5. The maximum absolute atomic E-state index is 13.7. The van der Waals surface area contributed by atoms with E-state index in [4.69, 9.17) is 4.74 Å². The Hall–Kier alpha value is -5.64. The molecule has 3 N–H and O–H groups in total. The highest BCUT2D eigenvalue weighted by atomic mass is 19.1. The summed E-state index contributed by atoms with van der Waals surface area (Å²) in [5.41, 5.74) is 3.32. The zero-order chi connectivity index (χ0) is 27.6. The maximum Gasteiger partial charge on any atom is 0.346 e. The number of rotatable bonds is 7. The molecule has 3 amide bonds. The van der Waals surface area contributed by atoms with Gasteiger partial charge in [-0.15, -0.1) is 0 Å². The Balaban J connectivity index is 1.31. The minimum absolute atomic E-state index is 0.149. The number of halogens is 1. The van der Waals surface area contributed by atoms with E-state index in [9.17, 15) is 23.6 Å². The zero-order valence-electron chi connectivity index (χ0n) is 20.3. The molecule has 10 heteroatoms. The zero-order valence-corrected chi connectivity index (χ0v) is 20.3. The van der Waals surface area contributed by atoms with Gasteiger partial charge in [-0.3, -0.25) is 14.4 Å². The van der Waals surface area contributed by atoms with Crippen molar-refractivity contribution in [3.05, 3.63) is 126 Å². The van der Waals surface area contributed by atoms with Crippen LogP contribution in [0.3, 0.4) is 0 Å². The number of hydrogen-bond acceptors (Lipinski definition) is 6. The number of nitrogens with zero attached hydrogens (tertiary/aromatic N) is 1. The highest BCUT2D eigenvalue weighted by Crippen LogP contribution is 2.18. The van der Waals surface area contributed by atoms with Gasteiger partial charge in [-0.25, -0.2) is 14.6 Å². The van der Waals surface area contributed by atoms with E-state index >= 15 is 0 Å². The van der Waals surface area contributed by atoms with Crippen molar-refractivity contribution in [1.82, 2.24) is 5.43 Å². The number of carbonyl (C=O) groups excluding carboxylic acids is 4. The quantitative estimate of drug-likeness (QED) is 0.109.